The minimum Gasteiger partial charge on any atom is -0.364 e. The van der Waals surface area contributed by atoms with Gasteiger partial charge < -0.3 is 15.5 Å². The lowest BCUT2D eigenvalue weighted by atomic mass is 9.98. The molecule has 0 aliphatic heterocycles. The smallest absolute Gasteiger partial charge is 0.323 e. The van der Waals surface area contributed by atoms with E-state index in [1.807, 2.05) is 55.5 Å². The van der Waals surface area contributed by atoms with Crippen molar-refractivity contribution < 1.29 is 4.79 Å². The Kier molecular flexibility index (Phi) is 5.41. The summed E-state index contributed by atoms with van der Waals surface area (Å²) < 4.78 is 0. The third-order valence-electron chi connectivity index (χ3n) is 6.54. The predicted molar refractivity (Wildman–Crippen MR) is 137 cm³/mol. The van der Waals surface area contributed by atoms with Crippen LogP contribution in [0.15, 0.2) is 66.7 Å². The van der Waals surface area contributed by atoms with Gasteiger partial charge in [-0.3, -0.25) is 0 Å². The standard InChI is InChI=1S/C27H27N7O/c1-17-6-9-19(10-7-17)28-27(35)29-24-16-18(8-15-25(24)34(20-11-12-20)21-13-14-21)22-4-2-3-5-23(22)26-30-32-33-31-26/h2-10,15-16,20-21H,11-14H2,1H3,(H2,28,29,35)(H,30,31,32,33). The van der Waals surface area contributed by atoms with E-state index < -0.39 is 0 Å². The minimum atomic E-state index is -0.259. The van der Waals surface area contributed by atoms with Crippen molar-refractivity contribution in [2.75, 3.05) is 15.5 Å². The van der Waals surface area contributed by atoms with Crippen molar-refractivity contribution in [2.24, 2.45) is 0 Å². The van der Waals surface area contributed by atoms with Crippen LogP contribution in [0.3, 0.4) is 0 Å². The summed E-state index contributed by atoms with van der Waals surface area (Å²) in [6.07, 6.45) is 4.81. The fourth-order valence-corrected chi connectivity index (χ4v) is 4.55. The van der Waals surface area contributed by atoms with Crippen molar-refractivity contribution in [3.63, 3.8) is 0 Å². The van der Waals surface area contributed by atoms with E-state index in [0.717, 1.165) is 39.3 Å². The number of nitrogens with one attached hydrogen (secondary N) is 3. The van der Waals surface area contributed by atoms with E-state index in [-0.39, 0.29) is 6.03 Å². The molecule has 1 heterocycles. The zero-order valence-electron chi connectivity index (χ0n) is 19.5. The highest BCUT2D eigenvalue weighted by atomic mass is 16.2. The highest BCUT2D eigenvalue weighted by Gasteiger charge is 2.40. The van der Waals surface area contributed by atoms with Crippen molar-refractivity contribution in [1.29, 1.82) is 0 Å². The fraction of sp³-hybridized carbons (Fsp3) is 0.259. The molecule has 0 spiro atoms. The summed E-state index contributed by atoms with van der Waals surface area (Å²) in [6, 6.07) is 22.9. The molecule has 0 unspecified atom stereocenters. The van der Waals surface area contributed by atoms with Crippen LogP contribution in [0, 0.1) is 6.92 Å². The lowest BCUT2D eigenvalue weighted by molar-refractivity contribution is 0.262. The van der Waals surface area contributed by atoms with Crippen LogP contribution in [-0.4, -0.2) is 38.7 Å². The van der Waals surface area contributed by atoms with Crippen LogP contribution in [0.4, 0.5) is 21.9 Å². The number of hydrogen-bond acceptors (Lipinski definition) is 5. The zero-order valence-corrected chi connectivity index (χ0v) is 19.5. The molecule has 176 valence electrons. The van der Waals surface area contributed by atoms with Gasteiger partial charge in [0.15, 0.2) is 0 Å². The highest BCUT2D eigenvalue weighted by molar-refractivity contribution is 6.03. The molecule has 4 aromatic rings. The average Bonchev–Trinajstić information content (AvgIpc) is 3.82. The average molecular weight is 466 g/mol. The molecule has 0 saturated heterocycles. The van der Waals surface area contributed by atoms with Gasteiger partial charge in [-0.15, -0.1) is 10.2 Å². The molecule has 3 aromatic carbocycles. The Bertz CT molecular complexity index is 1330. The summed E-state index contributed by atoms with van der Waals surface area (Å²) in [5, 5.41) is 20.7. The van der Waals surface area contributed by atoms with E-state index in [4.69, 9.17) is 0 Å². The lowest BCUT2D eigenvalue weighted by Crippen LogP contribution is -2.30. The number of aryl methyl sites for hydroxylation is 1. The van der Waals surface area contributed by atoms with Gasteiger partial charge in [-0.1, -0.05) is 48.0 Å². The Morgan fingerprint density at radius 3 is 2.29 bits per heavy atom. The molecular formula is C27H27N7O. The van der Waals surface area contributed by atoms with Gasteiger partial charge in [-0.2, -0.15) is 5.21 Å². The summed E-state index contributed by atoms with van der Waals surface area (Å²) in [5.74, 6) is 0.536. The van der Waals surface area contributed by atoms with Crippen LogP contribution in [0.1, 0.15) is 31.2 Å². The molecule has 8 heteroatoms. The molecule has 2 saturated carbocycles. The summed E-state index contributed by atoms with van der Waals surface area (Å²) in [5.41, 5.74) is 6.62. The van der Waals surface area contributed by atoms with E-state index in [1.165, 1.54) is 25.7 Å². The number of amides is 2. The molecule has 2 amide bonds. The van der Waals surface area contributed by atoms with Gasteiger partial charge in [0, 0.05) is 23.3 Å². The summed E-state index contributed by atoms with van der Waals surface area (Å²) in [7, 11) is 0. The third-order valence-corrected chi connectivity index (χ3v) is 6.54. The molecule has 1 aromatic heterocycles. The second-order valence-electron chi connectivity index (χ2n) is 9.33. The molecular weight excluding hydrogens is 438 g/mol. The van der Waals surface area contributed by atoms with Gasteiger partial charge >= 0.3 is 6.03 Å². The number of benzene rings is 3. The number of tetrazole rings is 1. The van der Waals surface area contributed by atoms with Crippen molar-refractivity contribution >= 4 is 23.1 Å². The number of anilines is 3. The number of nitrogens with zero attached hydrogens (tertiary/aromatic N) is 4. The summed E-state index contributed by atoms with van der Waals surface area (Å²) >= 11 is 0. The maximum Gasteiger partial charge on any atom is 0.323 e. The molecule has 0 bridgehead atoms. The van der Waals surface area contributed by atoms with E-state index in [2.05, 4.69) is 54.4 Å². The molecule has 2 fully saturated rings. The van der Waals surface area contributed by atoms with Crippen LogP contribution >= 0.6 is 0 Å². The highest BCUT2D eigenvalue weighted by Crippen LogP contribution is 2.45. The second-order valence-corrected chi connectivity index (χ2v) is 9.33. The maximum atomic E-state index is 13.0. The summed E-state index contributed by atoms with van der Waals surface area (Å²) in [6.45, 7) is 2.03. The molecule has 6 rings (SSSR count). The molecule has 2 aliphatic carbocycles. The van der Waals surface area contributed by atoms with Crippen LogP contribution < -0.4 is 15.5 Å². The van der Waals surface area contributed by atoms with E-state index in [0.29, 0.717) is 17.9 Å². The van der Waals surface area contributed by atoms with Gasteiger partial charge in [0.05, 0.1) is 11.4 Å². The molecule has 2 aliphatic rings. The number of rotatable bonds is 7. The van der Waals surface area contributed by atoms with Gasteiger partial charge in [-0.05, 0) is 73.2 Å². The normalized spacial score (nSPS) is 15.0. The first-order chi connectivity index (χ1) is 17.2. The van der Waals surface area contributed by atoms with Crippen LogP contribution in [0.25, 0.3) is 22.5 Å². The fourth-order valence-electron chi connectivity index (χ4n) is 4.55. The van der Waals surface area contributed by atoms with E-state index in [1.54, 1.807) is 0 Å². The molecule has 0 atom stereocenters. The number of urea groups is 1. The number of hydrogen-bond donors (Lipinski definition) is 3. The second kappa shape index (κ2) is 8.87. The zero-order chi connectivity index (χ0) is 23.8. The first-order valence-electron chi connectivity index (χ1n) is 12.1. The van der Waals surface area contributed by atoms with Gasteiger partial charge in [-0.25, -0.2) is 4.79 Å². The number of H-pyrrole nitrogens is 1. The molecule has 35 heavy (non-hydrogen) atoms. The largest absolute Gasteiger partial charge is 0.364 e. The molecule has 3 N–H and O–H groups in total. The maximum absolute atomic E-state index is 13.0. The molecule has 8 nitrogen and oxygen atoms in total. The first kappa shape index (κ1) is 21.3. The third kappa shape index (κ3) is 4.59. The number of aromatic nitrogens is 4. The van der Waals surface area contributed by atoms with Crippen LogP contribution in [0.5, 0.6) is 0 Å². The molecule has 0 radical (unpaired) electrons. The SMILES string of the molecule is Cc1ccc(NC(=O)Nc2cc(-c3ccccc3-c3nn[nH]n3)ccc2N(C2CC2)C2CC2)cc1. The van der Waals surface area contributed by atoms with Crippen molar-refractivity contribution in [1.82, 2.24) is 20.6 Å². The van der Waals surface area contributed by atoms with Crippen molar-refractivity contribution in [3.8, 4) is 22.5 Å². The number of carbonyl (C=O) groups is 1. The van der Waals surface area contributed by atoms with E-state index >= 15 is 0 Å². The van der Waals surface area contributed by atoms with Crippen molar-refractivity contribution in [3.05, 3.63) is 72.3 Å². The van der Waals surface area contributed by atoms with Crippen LogP contribution in [0.2, 0.25) is 0 Å². The first-order valence-corrected chi connectivity index (χ1v) is 12.1. The Labute approximate surface area is 203 Å². The predicted octanol–water partition coefficient (Wildman–Crippen LogP) is 5.62. The van der Waals surface area contributed by atoms with Gasteiger partial charge in [0.2, 0.25) is 5.82 Å². The monoisotopic (exact) mass is 465 g/mol. The topological polar surface area (TPSA) is 98.8 Å². The van der Waals surface area contributed by atoms with Crippen LogP contribution in [-0.2, 0) is 0 Å². The lowest BCUT2D eigenvalue weighted by Gasteiger charge is -2.28. The Balaban J connectivity index is 1.37. The van der Waals surface area contributed by atoms with E-state index in [9.17, 15) is 4.79 Å². The number of carbonyl (C=O) groups excluding carboxylic acids is 1. The van der Waals surface area contributed by atoms with Gasteiger partial charge in [0.1, 0.15) is 0 Å². The minimum absolute atomic E-state index is 0.259. The number of aromatic amines is 1. The van der Waals surface area contributed by atoms with Crippen molar-refractivity contribution in [2.45, 2.75) is 44.7 Å². The summed E-state index contributed by atoms with van der Waals surface area (Å²) in [4.78, 5) is 15.6. The Hall–Kier alpha value is -4.20. The Morgan fingerprint density at radius 1 is 0.914 bits per heavy atom. The quantitative estimate of drug-likeness (QED) is 0.329. The van der Waals surface area contributed by atoms with Gasteiger partial charge in [0.25, 0.3) is 0 Å². The Morgan fingerprint density at radius 2 is 1.63 bits per heavy atom.